The summed E-state index contributed by atoms with van der Waals surface area (Å²) in [6.07, 6.45) is 0.730. The molecule has 6 nitrogen and oxygen atoms in total. The van der Waals surface area contributed by atoms with Crippen LogP contribution in [-0.2, 0) is 10.0 Å². The van der Waals surface area contributed by atoms with Gasteiger partial charge in [0.2, 0.25) is 10.0 Å². The van der Waals surface area contributed by atoms with Crippen molar-refractivity contribution in [1.29, 1.82) is 0 Å². The van der Waals surface area contributed by atoms with Gasteiger partial charge in [0.1, 0.15) is 0 Å². The van der Waals surface area contributed by atoms with E-state index in [1.807, 2.05) is 0 Å². The van der Waals surface area contributed by atoms with E-state index in [1.54, 1.807) is 22.7 Å². The van der Waals surface area contributed by atoms with Crippen molar-refractivity contribution in [2.24, 2.45) is 4.99 Å². The first-order valence-electron chi connectivity index (χ1n) is 7.48. The zero-order chi connectivity index (χ0) is 16.0. The van der Waals surface area contributed by atoms with Crippen molar-refractivity contribution in [3.8, 4) is 0 Å². The summed E-state index contributed by atoms with van der Waals surface area (Å²) < 4.78 is 25.0. The van der Waals surface area contributed by atoms with E-state index in [9.17, 15) is 8.42 Å². The predicted octanol–water partition coefficient (Wildman–Crippen LogP) is 1.67. The van der Waals surface area contributed by atoms with Gasteiger partial charge < -0.3 is 10.6 Å². The third kappa shape index (κ3) is 6.20. The number of aliphatic imine (C=N–C) groups is 1. The molecule has 23 heavy (non-hydrogen) atoms. The molecule has 1 aromatic rings. The molecule has 0 aliphatic carbocycles. The topological polar surface area (TPSA) is 73.8 Å². The number of hydrogen-bond donors (Lipinski definition) is 2. The Bertz CT molecular complexity index is 590. The normalized spacial score (nSPS) is 19.1. The molecule has 1 unspecified atom stereocenters. The first kappa shape index (κ1) is 20.7. The van der Waals surface area contributed by atoms with Gasteiger partial charge in [-0.25, -0.2) is 12.7 Å². The van der Waals surface area contributed by atoms with Crippen LogP contribution >= 0.6 is 35.3 Å². The predicted molar refractivity (Wildman–Crippen MR) is 107 cm³/mol. The summed E-state index contributed by atoms with van der Waals surface area (Å²) in [5.74, 6) is 1.40. The van der Waals surface area contributed by atoms with Crippen LogP contribution in [0.1, 0.15) is 24.1 Å². The van der Waals surface area contributed by atoms with E-state index < -0.39 is 10.0 Å². The van der Waals surface area contributed by atoms with Crippen LogP contribution in [0.15, 0.2) is 22.5 Å². The molecule has 132 valence electrons. The molecule has 0 saturated carbocycles. The average molecular weight is 472 g/mol. The first-order chi connectivity index (χ1) is 10.5. The van der Waals surface area contributed by atoms with Gasteiger partial charge in [0.15, 0.2) is 5.96 Å². The van der Waals surface area contributed by atoms with E-state index in [4.69, 9.17) is 0 Å². The highest BCUT2D eigenvalue weighted by Gasteiger charge is 2.27. The highest BCUT2D eigenvalue weighted by molar-refractivity contribution is 14.0. The highest BCUT2D eigenvalue weighted by Crippen LogP contribution is 2.19. The second-order valence-electron chi connectivity index (χ2n) is 5.36. The molecular formula is C14H25IN4O2S2. The van der Waals surface area contributed by atoms with Crippen molar-refractivity contribution in [3.63, 3.8) is 0 Å². The van der Waals surface area contributed by atoms with Crippen molar-refractivity contribution < 1.29 is 8.42 Å². The van der Waals surface area contributed by atoms with E-state index >= 15 is 0 Å². The fraction of sp³-hybridized carbons (Fsp3) is 0.643. The van der Waals surface area contributed by atoms with Crippen molar-refractivity contribution in [1.82, 2.24) is 14.9 Å². The number of hydrogen-bond acceptors (Lipinski definition) is 4. The number of guanidine groups is 1. The number of halogens is 1. The molecule has 1 aliphatic heterocycles. The fourth-order valence-corrected chi connectivity index (χ4v) is 4.70. The monoisotopic (exact) mass is 472 g/mol. The molecule has 0 aromatic carbocycles. The summed E-state index contributed by atoms with van der Waals surface area (Å²) in [4.78, 5) is 5.51. The summed E-state index contributed by atoms with van der Waals surface area (Å²) in [5.41, 5.74) is 0. The first-order valence-corrected chi connectivity index (χ1v) is 9.97. The van der Waals surface area contributed by atoms with Crippen molar-refractivity contribution >= 4 is 51.3 Å². The van der Waals surface area contributed by atoms with E-state index in [-0.39, 0.29) is 29.7 Å². The van der Waals surface area contributed by atoms with Crippen LogP contribution in [0, 0.1) is 0 Å². The molecular weight excluding hydrogens is 447 g/mol. The van der Waals surface area contributed by atoms with Crippen LogP contribution in [0.4, 0.5) is 0 Å². The standard InChI is InChI=1S/C14H24N4O2S2.HI/c1-12(13-5-3-9-21-13)11-17-14(15-2)16-6-8-18-7-4-10-22(18,19)20;/h3,5,9,12H,4,6-8,10-11H2,1-2H3,(H2,15,16,17);1H. The number of nitrogens with zero attached hydrogens (tertiary/aromatic N) is 2. The maximum absolute atomic E-state index is 11.7. The van der Waals surface area contributed by atoms with Gasteiger partial charge in [-0.15, -0.1) is 35.3 Å². The lowest BCUT2D eigenvalue weighted by atomic mass is 10.1. The molecule has 0 radical (unpaired) electrons. The van der Waals surface area contributed by atoms with E-state index in [1.165, 1.54) is 4.88 Å². The minimum Gasteiger partial charge on any atom is -0.356 e. The molecule has 1 saturated heterocycles. The van der Waals surface area contributed by atoms with Gasteiger partial charge in [-0.05, 0) is 17.9 Å². The van der Waals surface area contributed by atoms with Crippen LogP contribution in [0.3, 0.4) is 0 Å². The minimum atomic E-state index is -3.01. The van der Waals surface area contributed by atoms with E-state index in [0.29, 0.717) is 31.5 Å². The Hall–Kier alpha value is -0.390. The lowest BCUT2D eigenvalue weighted by Gasteiger charge is -2.18. The summed E-state index contributed by atoms with van der Waals surface area (Å²) in [5, 5.41) is 8.53. The third-order valence-electron chi connectivity index (χ3n) is 3.69. The average Bonchev–Trinajstić information content (AvgIpc) is 3.12. The zero-order valence-electron chi connectivity index (χ0n) is 13.5. The molecule has 2 rings (SSSR count). The van der Waals surface area contributed by atoms with Gasteiger partial charge in [0.25, 0.3) is 0 Å². The second-order valence-corrected chi connectivity index (χ2v) is 8.43. The summed E-state index contributed by atoms with van der Waals surface area (Å²) in [7, 11) is -1.29. The molecule has 1 atom stereocenters. The lowest BCUT2D eigenvalue weighted by Crippen LogP contribution is -2.42. The van der Waals surface area contributed by atoms with Crippen LogP contribution in [0.2, 0.25) is 0 Å². The number of sulfonamides is 1. The Balaban J connectivity index is 0.00000264. The summed E-state index contributed by atoms with van der Waals surface area (Å²) in [6.45, 7) is 4.65. The van der Waals surface area contributed by atoms with Gasteiger partial charge in [-0.1, -0.05) is 13.0 Å². The zero-order valence-corrected chi connectivity index (χ0v) is 17.5. The number of rotatable bonds is 6. The Morgan fingerprint density at radius 2 is 2.26 bits per heavy atom. The van der Waals surface area contributed by atoms with Gasteiger partial charge in [-0.2, -0.15) is 0 Å². The Morgan fingerprint density at radius 1 is 1.48 bits per heavy atom. The lowest BCUT2D eigenvalue weighted by molar-refractivity contribution is 0.445. The Labute approximate surface area is 159 Å². The molecule has 0 spiro atoms. The molecule has 1 aromatic heterocycles. The molecule has 1 aliphatic rings. The highest BCUT2D eigenvalue weighted by atomic mass is 127. The van der Waals surface area contributed by atoms with Crippen LogP contribution in [0.5, 0.6) is 0 Å². The van der Waals surface area contributed by atoms with Crippen LogP contribution in [0.25, 0.3) is 0 Å². The number of thiophene rings is 1. The SMILES string of the molecule is CN=C(NCCN1CCCS1(=O)=O)NCC(C)c1cccs1.I. The molecule has 2 N–H and O–H groups in total. The molecule has 0 amide bonds. The number of nitrogens with one attached hydrogen (secondary N) is 2. The fourth-order valence-electron chi connectivity index (χ4n) is 2.38. The van der Waals surface area contributed by atoms with E-state index in [2.05, 4.69) is 40.1 Å². The Kier molecular flexibility index (Phi) is 8.80. The van der Waals surface area contributed by atoms with E-state index in [0.717, 1.165) is 13.0 Å². The summed E-state index contributed by atoms with van der Waals surface area (Å²) >= 11 is 1.75. The second kappa shape index (κ2) is 9.80. The van der Waals surface area contributed by atoms with Crippen LogP contribution in [-0.4, -0.2) is 57.7 Å². The molecule has 2 heterocycles. The van der Waals surface area contributed by atoms with Crippen molar-refractivity contribution in [2.75, 3.05) is 39.0 Å². The smallest absolute Gasteiger partial charge is 0.214 e. The third-order valence-corrected chi connectivity index (χ3v) is 6.75. The maximum atomic E-state index is 11.7. The van der Waals surface area contributed by atoms with Gasteiger partial charge in [0.05, 0.1) is 5.75 Å². The summed E-state index contributed by atoms with van der Waals surface area (Å²) in [6, 6.07) is 4.19. The van der Waals surface area contributed by atoms with Crippen molar-refractivity contribution in [2.45, 2.75) is 19.3 Å². The van der Waals surface area contributed by atoms with Crippen LogP contribution < -0.4 is 10.6 Å². The minimum absolute atomic E-state index is 0. The van der Waals surface area contributed by atoms with Crippen molar-refractivity contribution in [3.05, 3.63) is 22.4 Å². The molecule has 0 bridgehead atoms. The maximum Gasteiger partial charge on any atom is 0.214 e. The molecule has 9 heteroatoms. The van der Waals surface area contributed by atoms with Gasteiger partial charge in [-0.3, -0.25) is 4.99 Å². The Morgan fingerprint density at radius 3 is 2.83 bits per heavy atom. The largest absolute Gasteiger partial charge is 0.356 e. The molecule has 1 fully saturated rings. The van der Waals surface area contributed by atoms with Gasteiger partial charge in [0, 0.05) is 44.0 Å². The quantitative estimate of drug-likeness (QED) is 0.376. The van der Waals surface area contributed by atoms with Gasteiger partial charge >= 0.3 is 0 Å².